The molecule has 0 aliphatic heterocycles. The van der Waals surface area contributed by atoms with Crippen LogP contribution in [-0.2, 0) is 7.05 Å². The second kappa shape index (κ2) is 6.54. The number of aromatic nitrogens is 1. The summed E-state index contributed by atoms with van der Waals surface area (Å²) in [5.74, 6) is -0.267. The molecular formula is C20H18N2O2. The van der Waals surface area contributed by atoms with Gasteiger partial charge >= 0.3 is 0 Å². The first-order chi connectivity index (χ1) is 11.6. The molecule has 0 radical (unpaired) electrons. The van der Waals surface area contributed by atoms with Gasteiger partial charge in [-0.2, -0.15) is 0 Å². The molecule has 4 heteroatoms. The maximum Gasteiger partial charge on any atom is 0.272 e. The standard InChI is InChI=1S/C20H18N2O2/c1-14-11-12-18(22(14)2)20(24)21-17-10-6-9-16(13-17)19(23)15-7-4-3-5-8-15/h3-13H,1-2H3,(H,21,24). The summed E-state index contributed by atoms with van der Waals surface area (Å²) in [6.07, 6.45) is 0. The number of ketones is 1. The van der Waals surface area contributed by atoms with Crippen molar-refractivity contribution < 1.29 is 9.59 Å². The molecule has 4 nitrogen and oxygen atoms in total. The van der Waals surface area contributed by atoms with E-state index in [4.69, 9.17) is 0 Å². The molecule has 3 aromatic rings. The molecule has 24 heavy (non-hydrogen) atoms. The Morgan fingerprint density at radius 1 is 0.875 bits per heavy atom. The lowest BCUT2D eigenvalue weighted by molar-refractivity contribution is 0.101. The van der Waals surface area contributed by atoms with Crippen LogP contribution in [0, 0.1) is 6.92 Å². The number of anilines is 1. The summed E-state index contributed by atoms with van der Waals surface area (Å²) >= 11 is 0. The third kappa shape index (κ3) is 3.13. The molecule has 0 saturated heterocycles. The molecule has 0 aliphatic carbocycles. The van der Waals surface area contributed by atoms with Crippen LogP contribution >= 0.6 is 0 Å². The number of carbonyl (C=O) groups is 2. The van der Waals surface area contributed by atoms with Crippen LogP contribution in [0.3, 0.4) is 0 Å². The van der Waals surface area contributed by atoms with E-state index in [0.717, 1.165) is 5.69 Å². The van der Waals surface area contributed by atoms with E-state index in [2.05, 4.69) is 5.32 Å². The highest BCUT2D eigenvalue weighted by Crippen LogP contribution is 2.16. The Morgan fingerprint density at radius 3 is 2.25 bits per heavy atom. The molecule has 1 heterocycles. The third-order valence-corrected chi connectivity index (χ3v) is 4.02. The van der Waals surface area contributed by atoms with Crippen molar-refractivity contribution in [2.45, 2.75) is 6.92 Å². The highest BCUT2D eigenvalue weighted by atomic mass is 16.2. The number of nitrogens with zero attached hydrogens (tertiary/aromatic N) is 1. The van der Waals surface area contributed by atoms with Gasteiger partial charge in [0.15, 0.2) is 5.78 Å². The minimum atomic E-state index is -0.199. The number of hydrogen-bond donors (Lipinski definition) is 1. The van der Waals surface area contributed by atoms with Gasteiger partial charge in [0.1, 0.15) is 5.69 Å². The first-order valence-electron chi connectivity index (χ1n) is 7.70. The van der Waals surface area contributed by atoms with Crippen LogP contribution in [0.4, 0.5) is 5.69 Å². The third-order valence-electron chi connectivity index (χ3n) is 4.02. The molecular weight excluding hydrogens is 300 g/mol. The molecule has 0 bridgehead atoms. The molecule has 1 amide bonds. The molecule has 1 aromatic heterocycles. The van der Waals surface area contributed by atoms with Crippen LogP contribution < -0.4 is 5.32 Å². The molecule has 0 fully saturated rings. The summed E-state index contributed by atoms with van der Waals surface area (Å²) < 4.78 is 1.83. The minimum absolute atomic E-state index is 0.0681. The SMILES string of the molecule is Cc1ccc(C(=O)Nc2cccc(C(=O)c3ccccc3)c2)n1C. The van der Waals surface area contributed by atoms with Gasteiger partial charge in [-0.25, -0.2) is 0 Å². The molecule has 2 aromatic carbocycles. The van der Waals surface area contributed by atoms with E-state index in [-0.39, 0.29) is 11.7 Å². The zero-order valence-corrected chi connectivity index (χ0v) is 13.6. The Labute approximate surface area is 140 Å². The second-order valence-corrected chi connectivity index (χ2v) is 5.65. The van der Waals surface area contributed by atoms with Gasteiger partial charge < -0.3 is 9.88 Å². The highest BCUT2D eigenvalue weighted by Gasteiger charge is 2.13. The zero-order chi connectivity index (χ0) is 17.1. The molecule has 0 spiro atoms. The van der Waals surface area contributed by atoms with Crippen molar-refractivity contribution in [3.8, 4) is 0 Å². The lowest BCUT2D eigenvalue weighted by Crippen LogP contribution is -2.16. The van der Waals surface area contributed by atoms with Crippen molar-refractivity contribution in [2.24, 2.45) is 7.05 Å². The fraction of sp³-hybridized carbons (Fsp3) is 0.100. The largest absolute Gasteiger partial charge is 0.344 e. The Balaban J connectivity index is 1.82. The summed E-state index contributed by atoms with van der Waals surface area (Å²) in [7, 11) is 1.85. The predicted octanol–water partition coefficient (Wildman–Crippen LogP) is 3.82. The van der Waals surface area contributed by atoms with Crippen molar-refractivity contribution in [1.82, 2.24) is 4.57 Å². The average Bonchev–Trinajstić information content (AvgIpc) is 2.94. The number of amides is 1. The van der Waals surface area contributed by atoms with Crippen molar-refractivity contribution >= 4 is 17.4 Å². The fourth-order valence-electron chi connectivity index (χ4n) is 2.53. The van der Waals surface area contributed by atoms with E-state index >= 15 is 0 Å². The Morgan fingerprint density at radius 2 is 1.58 bits per heavy atom. The first kappa shape index (κ1) is 15.7. The van der Waals surface area contributed by atoms with E-state index in [0.29, 0.717) is 22.5 Å². The highest BCUT2D eigenvalue weighted by molar-refractivity contribution is 6.10. The number of nitrogens with one attached hydrogen (secondary N) is 1. The van der Waals surface area contributed by atoms with Gasteiger partial charge in [-0.3, -0.25) is 9.59 Å². The minimum Gasteiger partial charge on any atom is -0.344 e. The van der Waals surface area contributed by atoms with Crippen molar-refractivity contribution in [2.75, 3.05) is 5.32 Å². The zero-order valence-electron chi connectivity index (χ0n) is 13.6. The normalized spacial score (nSPS) is 10.4. The number of benzene rings is 2. The summed E-state index contributed by atoms with van der Waals surface area (Å²) in [5, 5.41) is 2.85. The van der Waals surface area contributed by atoms with Gasteiger partial charge in [0.2, 0.25) is 0 Å². The second-order valence-electron chi connectivity index (χ2n) is 5.65. The summed E-state index contributed by atoms with van der Waals surface area (Å²) in [4.78, 5) is 24.9. The molecule has 3 rings (SSSR count). The predicted molar refractivity (Wildman–Crippen MR) is 94.4 cm³/mol. The molecule has 0 saturated carbocycles. The summed E-state index contributed by atoms with van der Waals surface area (Å²) in [5.41, 5.74) is 3.35. The van der Waals surface area contributed by atoms with Gasteiger partial charge in [-0.05, 0) is 31.2 Å². The van der Waals surface area contributed by atoms with Gasteiger partial charge in [-0.15, -0.1) is 0 Å². The number of aryl methyl sites for hydroxylation is 1. The molecule has 0 atom stereocenters. The van der Waals surface area contributed by atoms with Crippen LogP contribution in [0.25, 0.3) is 0 Å². The summed E-state index contributed by atoms with van der Waals surface area (Å²) in [6.45, 7) is 1.94. The Bertz CT molecular complexity index is 895. The van der Waals surface area contributed by atoms with Gasteiger partial charge in [0, 0.05) is 29.6 Å². The Hall–Kier alpha value is -3.14. The van der Waals surface area contributed by atoms with Crippen LogP contribution in [0.5, 0.6) is 0 Å². The maximum absolute atomic E-state index is 12.5. The van der Waals surface area contributed by atoms with E-state index < -0.39 is 0 Å². The van der Waals surface area contributed by atoms with Gasteiger partial charge in [0.05, 0.1) is 0 Å². The average molecular weight is 318 g/mol. The molecule has 1 N–H and O–H groups in total. The number of rotatable bonds is 4. The van der Waals surface area contributed by atoms with Crippen LogP contribution in [0.1, 0.15) is 32.1 Å². The molecule has 120 valence electrons. The number of carbonyl (C=O) groups excluding carboxylic acids is 2. The quantitative estimate of drug-likeness (QED) is 0.744. The van der Waals surface area contributed by atoms with Crippen molar-refractivity contribution in [3.05, 3.63) is 89.2 Å². The summed E-state index contributed by atoms with van der Waals surface area (Å²) in [6, 6.07) is 19.7. The lowest BCUT2D eigenvalue weighted by atomic mass is 10.0. The Kier molecular flexibility index (Phi) is 4.29. The monoisotopic (exact) mass is 318 g/mol. The van der Waals surface area contributed by atoms with E-state index in [1.54, 1.807) is 42.5 Å². The molecule has 0 aliphatic rings. The van der Waals surface area contributed by atoms with Crippen LogP contribution in [0.15, 0.2) is 66.7 Å². The van der Waals surface area contributed by atoms with Gasteiger partial charge in [-0.1, -0.05) is 42.5 Å². The van der Waals surface area contributed by atoms with Crippen molar-refractivity contribution in [1.29, 1.82) is 0 Å². The van der Waals surface area contributed by atoms with E-state index in [1.807, 2.05) is 42.8 Å². The van der Waals surface area contributed by atoms with Crippen molar-refractivity contribution in [3.63, 3.8) is 0 Å². The number of hydrogen-bond acceptors (Lipinski definition) is 2. The first-order valence-corrected chi connectivity index (χ1v) is 7.70. The van der Waals surface area contributed by atoms with Crippen LogP contribution in [-0.4, -0.2) is 16.3 Å². The van der Waals surface area contributed by atoms with E-state index in [1.165, 1.54) is 0 Å². The fourth-order valence-corrected chi connectivity index (χ4v) is 2.53. The smallest absolute Gasteiger partial charge is 0.272 e. The maximum atomic E-state index is 12.5. The van der Waals surface area contributed by atoms with E-state index in [9.17, 15) is 9.59 Å². The topological polar surface area (TPSA) is 51.1 Å². The van der Waals surface area contributed by atoms with Crippen LogP contribution in [0.2, 0.25) is 0 Å². The van der Waals surface area contributed by atoms with Gasteiger partial charge in [0.25, 0.3) is 5.91 Å². The lowest BCUT2D eigenvalue weighted by Gasteiger charge is -2.08. The molecule has 0 unspecified atom stereocenters.